The number of hydrogen-bond acceptors (Lipinski definition) is 0. The normalized spacial score (nSPS) is 10.1. The lowest BCUT2D eigenvalue weighted by atomic mass is 10.0. The molecule has 0 aliphatic rings. The Kier molecular flexibility index (Phi) is 6.17. The summed E-state index contributed by atoms with van der Waals surface area (Å²) in [5.74, 6) is 1.77. The lowest BCUT2D eigenvalue weighted by Gasteiger charge is -2.01. The molecule has 0 aliphatic carbocycles. The first-order valence-electron chi connectivity index (χ1n) is 6.58. The molecule has 0 spiro atoms. The van der Waals surface area contributed by atoms with E-state index >= 15 is 0 Å². The third-order valence-electron chi connectivity index (χ3n) is 3.22. The highest BCUT2D eigenvalue weighted by atomic mass is 127. The van der Waals surface area contributed by atoms with E-state index in [0.29, 0.717) is 0 Å². The van der Waals surface area contributed by atoms with Gasteiger partial charge in [-0.25, -0.2) is 4.42 Å². The third kappa shape index (κ3) is 4.18. The minimum atomic E-state index is 0. The van der Waals surface area contributed by atoms with Gasteiger partial charge >= 0.3 is 11.5 Å². The molecule has 112 valence electrons. The highest BCUT2D eigenvalue weighted by Gasteiger charge is 2.16. The van der Waals surface area contributed by atoms with E-state index in [9.17, 15) is 0 Å². The first-order chi connectivity index (χ1) is 10.1. The van der Waals surface area contributed by atoms with Crippen molar-refractivity contribution in [2.45, 2.75) is 6.92 Å². The van der Waals surface area contributed by atoms with Crippen LogP contribution in [0.1, 0.15) is 5.76 Å². The van der Waals surface area contributed by atoms with Gasteiger partial charge in [0.15, 0.2) is 0 Å². The summed E-state index contributed by atoms with van der Waals surface area (Å²) in [6.45, 7) is 1.98. The SMILES string of the molecule is Cc1cc(-c2ccc(Br)cc2)cc(-c2ccc(Br)cc2)[o+]1.[I-]. The van der Waals surface area contributed by atoms with Crippen molar-refractivity contribution in [2.24, 2.45) is 0 Å². The van der Waals surface area contributed by atoms with Gasteiger partial charge in [-0.2, -0.15) is 0 Å². The van der Waals surface area contributed by atoms with Crippen LogP contribution >= 0.6 is 31.9 Å². The molecule has 1 nitrogen and oxygen atoms in total. The van der Waals surface area contributed by atoms with Gasteiger partial charge in [-0.05, 0) is 42.0 Å². The molecule has 0 aliphatic heterocycles. The van der Waals surface area contributed by atoms with Gasteiger partial charge in [-0.3, -0.25) is 0 Å². The van der Waals surface area contributed by atoms with E-state index < -0.39 is 0 Å². The monoisotopic (exact) mass is 530 g/mol. The molecule has 0 radical (unpaired) electrons. The second-order valence-corrected chi connectivity index (χ2v) is 6.67. The number of hydrogen-bond donors (Lipinski definition) is 0. The van der Waals surface area contributed by atoms with Crippen molar-refractivity contribution in [1.29, 1.82) is 0 Å². The topological polar surface area (TPSA) is 11.3 Å². The molecule has 3 rings (SSSR count). The molecule has 0 saturated heterocycles. The van der Waals surface area contributed by atoms with Gasteiger partial charge < -0.3 is 24.0 Å². The molecule has 0 atom stereocenters. The van der Waals surface area contributed by atoms with Crippen molar-refractivity contribution in [1.82, 2.24) is 0 Å². The van der Waals surface area contributed by atoms with Crippen LogP contribution in [0, 0.1) is 6.92 Å². The summed E-state index contributed by atoms with van der Waals surface area (Å²) in [7, 11) is 0. The van der Waals surface area contributed by atoms with E-state index in [1.807, 2.05) is 43.3 Å². The van der Waals surface area contributed by atoms with Crippen molar-refractivity contribution >= 4 is 31.9 Å². The average Bonchev–Trinajstić information content (AvgIpc) is 2.48. The molecule has 2 aromatic carbocycles. The van der Waals surface area contributed by atoms with Crippen molar-refractivity contribution in [2.75, 3.05) is 0 Å². The second kappa shape index (κ2) is 7.70. The summed E-state index contributed by atoms with van der Waals surface area (Å²) in [5.41, 5.74) is 3.40. The first-order valence-corrected chi connectivity index (χ1v) is 8.17. The quantitative estimate of drug-likeness (QED) is 0.362. The largest absolute Gasteiger partial charge is 1.00 e. The van der Waals surface area contributed by atoms with E-state index in [0.717, 1.165) is 31.6 Å². The number of aryl methyl sites for hydroxylation is 1. The summed E-state index contributed by atoms with van der Waals surface area (Å²) < 4.78 is 8.01. The molecular formula is C18H13Br2IO. The fourth-order valence-corrected chi connectivity index (χ4v) is 2.73. The molecule has 1 heterocycles. The van der Waals surface area contributed by atoms with Crippen LogP contribution in [0.3, 0.4) is 0 Å². The van der Waals surface area contributed by atoms with Crippen LogP contribution in [-0.2, 0) is 0 Å². The molecule has 0 bridgehead atoms. The van der Waals surface area contributed by atoms with E-state index in [1.54, 1.807) is 0 Å². The predicted octanol–water partition coefficient (Wildman–Crippen LogP) is 3.73. The van der Waals surface area contributed by atoms with Crippen molar-refractivity contribution in [3.8, 4) is 22.5 Å². The van der Waals surface area contributed by atoms with Crippen molar-refractivity contribution in [3.05, 3.63) is 75.4 Å². The van der Waals surface area contributed by atoms with Crippen LogP contribution in [0.2, 0.25) is 0 Å². The highest BCUT2D eigenvalue weighted by Crippen LogP contribution is 2.29. The average molecular weight is 532 g/mol. The number of halogens is 3. The Morgan fingerprint density at radius 1 is 0.682 bits per heavy atom. The molecule has 0 saturated carbocycles. The predicted molar refractivity (Wildman–Crippen MR) is 94.1 cm³/mol. The smallest absolute Gasteiger partial charge is 0.360 e. The zero-order chi connectivity index (χ0) is 14.8. The van der Waals surface area contributed by atoms with E-state index in [2.05, 4.69) is 56.1 Å². The van der Waals surface area contributed by atoms with E-state index in [1.165, 1.54) is 5.56 Å². The van der Waals surface area contributed by atoms with Crippen molar-refractivity contribution in [3.63, 3.8) is 0 Å². The van der Waals surface area contributed by atoms with Crippen LogP contribution in [0.15, 0.2) is 74.0 Å². The van der Waals surface area contributed by atoms with Crippen LogP contribution in [0.4, 0.5) is 0 Å². The summed E-state index contributed by atoms with van der Waals surface area (Å²) >= 11 is 6.92. The Bertz CT molecular complexity index is 704. The summed E-state index contributed by atoms with van der Waals surface area (Å²) in [5, 5.41) is 0. The molecule has 3 aromatic rings. The lowest BCUT2D eigenvalue weighted by Crippen LogP contribution is -3.00. The van der Waals surface area contributed by atoms with Gasteiger partial charge in [0.25, 0.3) is 0 Å². The van der Waals surface area contributed by atoms with Crippen LogP contribution in [-0.4, -0.2) is 0 Å². The third-order valence-corrected chi connectivity index (χ3v) is 4.28. The Labute approximate surface area is 164 Å². The lowest BCUT2D eigenvalue weighted by molar-refractivity contribution is -0.00000457. The standard InChI is InChI=1S/C18H13Br2O.HI/c1-12-10-15(13-2-6-16(19)7-3-13)11-18(21-12)14-4-8-17(20)9-5-14;/h2-11H,1H3;1H/q+1;/p-1. The van der Waals surface area contributed by atoms with Crippen LogP contribution < -0.4 is 24.0 Å². The molecular weight excluding hydrogens is 519 g/mol. The Hall–Kier alpha value is -0.720. The zero-order valence-corrected chi connectivity index (χ0v) is 17.1. The zero-order valence-electron chi connectivity index (χ0n) is 11.8. The summed E-state index contributed by atoms with van der Waals surface area (Å²) in [6.07, 6.45) is 0. The molecule has 22 heavy (non-hydrogen) atoms. The fraction of sp³-hybridized carbons (Fsp3) is 0.0556. The van der Waals surface area contributed by atoms with Gasteiger partial charge in [-0.15, -0.1) is 0 Å². The van der Waals surface area contributed by atoms with E-state index in [4.69, 9.17) is 4.42 Å². The Morgan fingerprint density at radius 3 is 1.73 bits per heavy atom. The van der Waals surface area contributed by atoms with Gasteiger partial charge in [-0.1, -0.05) is 44.0 Å². The highest BCUT2D eigenvalue weighted by molar-refractivity contribution is 9.10. The Balaban J connectivity index is 0.00000176. The van der Waals surface area contributed by atoms with Gasteiger partial charge in [0.2, 0.25) is 0 Å². The second-order valence-electron chi connectivity index (χ2n) is 4.83. The molecule has 0 fully saturated rings. The number of benzene rings is 2. The Morgan fingerprint density at radius 2 is 1.18 bits per heavy atom. The molecule has 0 N–H and O–H groups in total. The molecule has 4 heteroatoms. The minimum Gasteiger partial charge on any atom is -1.00 e. The summed E-state index contributed by atoms with van der Waals surface area (Å²) in [4.78, 5) is 0. The fourth-order valence-electron chi connectivity index (χ4n) is 2.20. The van der Waals surface area contributed by atoms with Crippen molar-refractivity contribution < 1.29 is 28.4 Å². The maximum Gasteiger partial charge on any atom is 0.360 e. The van der Waals surface area contributed by atoms with E-state index in [-0.39, 0.29) is 24.0 Å². The maximum absolute atomic E-state index is 5.86. The van der Waals surface area contributed by atoms with Gasteiger partial charge in [0.05, 0.1) is 18.6 Å². The summed E-state index contributed by atoms with van der Waals surface area (Å²) in [6, 6.07) is 20.6. The molecule has 0 amide bonds. The van der Waals surface area contributed by atoms with Gasteiger partial charge in [0.1, 0.15) is 0 Å². The maximum atomic E-state index is 5.86. The van der Waals surface area contributed by atoms with Crippen LogP contribution in [0.25, 0.3) is 22.5 Å². The minimum absolute atomic E-state index is 0. The number of rotatable bonds is 2. The van der Waals surface area contributed by atoms with Crippen LogP contribution in [0.5, 0.6) is 0 Å². The van der Waals surface area contributed by atoms with Gasteiger partial charge in [0, 0.05) is 20.6 Å². The molecule has 1 aromatic heterocycles. The first kappa shape index (κ1) is 17.6. The molecule has 0 unspecified atom stereocenters.